The zero-order valence-corrected chi connectivity index (χ0v) is 17.9. The number of rotatable bonds is 9. The topological polar surface area (TPSA) is 122 Å². The van der Waals surface area contributed by atoms with E-state index in [2.05, 4.69) is 29.5 Å². The van der Waals surface area contributed by atoms with E-state index in [-0.39, 0.29) is 41.8 Å². The molecule has 0 spiro atoms. The van der Waals surface area contributed by atoms with Crippen molar-refractivity contribution in [1.29, 1.82) is 0 Å². The summed E-state index contributed by atoms with van der Waals surface area (Å²) in [6, 6.07) is 0.0332. The maximum absolute atomic E-state index is 12.7. The summed E-state index contributed by atoms with van der Waals surface area (Å²) in [6.45, 7) is 7.24. The molecule has 0 bridgehead atoms. The molecule has 160 valence electrons. The van der Waals surface area contributed by atoms with Gasteiger partial charge in [0.05, 0.1) is 0 Å². The molecule has 28 heavy (non-hydrogen) atoms. The van der Waals surface area contributed by atoms with Gasteiger partial charge < -0.3 is 16.4 Å². The quantitative estimate of drug-likeness (QED) is 0.492. The summed E-state index contributed by atoms with van der Waals surface area (Å²) >= 11 is 0. The van der Waals surface area contributed by atoms with Gasteiger partial charge in [-0.25, -0.2) is 4.79 Å². The van der Waals surface area contributed by atoms with E-state index in [9.17, 15) is 14.4 Å². The fraction of sp³-hybridized carbons (Fsp3) is 0.737. The van der Waals surface area contributed by atoms with E-state index < -0.39 is 11.2 Å². The van der Waals surface area contributed by atoms with Crippen molar-refractivity contribution in [3.05, 3.63) is 20.8 Å². The van der Waals surface area contributed by atoms with Gasteiger partial charge in [-0.05, 0) is 38.0 Å². The fourth-order valence-corrected chi connectivity index (χ4v) is 3.35. The molecule has 8 nitrogen and oxygen atoms in total. The van der Waals surface area contributed by atoms with Crippen LogP contribution in [0.4, 0.5) is 11.5 Å². The number of halogens is 1. The maximum Gasteiger partial charge on any atom is 0.330 e. The minimum Gasteiger partial charge on any atom is -0.378 e. The number of aromatic amines is 1. The van der Waals surface area contributed by atoms with E-state index in [4.69, 9.17) is 5.73 Å². The standard InChI is InChI=1S/C19H33N5O3.ClH/c1-4-5-10-24-16(22-17(25)13-6-7-14(20)11-13)15(18(26)23-19(24)27)21-9-8-12(2)3;/h12-14,21H,4-11,20H2,1-3H3,(H,22,25)(H,23,26,27);1H. The number of carbonyl (C=O) groups excluding carboxylic acids is 1. The molecule has 2 unspecified atom stereocenters. The molecule has 2 rings (SSSR count). The van der Waals surface area contributed by atoms with Gasteiger partial charge >= 0.3 is 5.69 Å². The number of hydrogen-bond donors (Lipinski definition) is 4. The Morgan fingerprint density at radius 1 is 1.32 bits per heavy atom. The van der Waals surface area contributed by atoms with Gasteiger partial charge in [0.2, 0.25) is 5.91 Å². The van der Waals surface area contributed by atoms with E-state index in [0.717, 1.165) is 32.1 Å². The molecule has 0 radical (unpaired) electrons. The Balaban J connectivity index is 0.00000392. The van der Waals surface area contributed by atoms with E-state index in [1.807, 2.05) is 6.92 Å². The lowest BCUT2D eigenvalue weighted by molar-refractivity contribution is -0.119. The van der Waals surface area contributed by atoms with Gasteiger partial charge in [-0.1, -0.05) is 27.2 Å². The van der Waals surface area contributed by atoms with Gasteiger partial charge in [-0.15, -0.1) is 12.4 Å². The molecule has 0 saturated heterocycles. The molecule has 1 heterocycles. The highest BCUT2D eigenvalue weighted by molar-refractivity contribution is 5.94. The van der Waals surface area contributed by atoms with Crippen molar-refractivity contribution in [2.75, 3.05) is 17.2 Å². The Morgan fingerprint density at radius 2 is 2.04 bits per heavy atom. The maximum atomic E-state index is 12.7. The van der Waals surface area contributed by atoms with Crippen LogP contribution in [-0.4, -0.2) is 28.0 Å². The Bertz CT molecular complexity index is 759. The van der Waals surface area contributed by atoms with Gasteiger partial charge in [-0.2, -0.15) is 0 Å². The van der Waals surface area contributed by atoms with Gasteiger partial charge in [-0.3, -0.25) is 19.1 Å². The molecule has 1 fully saturated rings. The number of unbranched alkanes of at least 4 members (excludes halogenated alkanes) is 1. The molecule has 9 heteroatoms. The zero-order chi connectivity index (χ0) is 20.0. The molecular weight excluding hydrogens is 382 g/mol. The first-order valence-electron chi connectivity index (χ1n) is 10.0. The first-order valence-corrected chi connectivity index (χ1v) is 10.0. The monoisotopic (exact) mass is 415 g/mol. The Kier molecular flexibility index (Phi) is 9.75. The molecule has 1 saturated carbocycles. The largest absolute Gasteiger partial charge is 0.378 e. The number of nitrogens with zero attached hydrogens (tertiary/aromatic N) is 1. The number of H-pyrrole nitrogens is 1. The molecule has 1 aliphatic rings. The van der Waals surface area contributed by atoms with E-state index in [0.29, 0.717) is 25.4 Å². The van der Waals surface area contributed by atoms with Crippen molar-refractivity contribution in [2.45, 2.75) is 71.9 Å². The van der Waals surface area contributed by atoms with Crippen molar-refractivity contribution in [3.8, 4) is 0 Å². The first kappa shape index (κ1) is 24.2. The minimum absolute atomic E-state index is 0. The molecule has 5 N–H and O–H groups in total. The van der Waals surface area contributed by atoms with Gasteiger partial charge in [0.1, 0.15) is 11.5 Å². The van der Waals surface area contributed by atoms with Gasteiger partial charge in [0.25, 0.3) is 5.56 Å². The van der Waals surface area contributed by atoms with Crippen LogP contribution < -0.4 is 27.6 Å². The number of carbonyl (C=O) groups is 1. The molecule has 0 aromatic carbocycles. The van der Waals surface area contributed by atoms with Crippen LogP contribution in [0.3, 0.4) is 0 Å². The average molecular weight is 416 g/mol. The second-order valence-electron chi connectivity index (χ2n) is 7.86. The van der Waals surface area contributed by atoms with Crippen LogP contribution in [-0.2, 0) is 11.3 Å². The van der Waals surface area contributed by atoms with Crippen molar-refractivity contribution < 1.29 is 4.79 Å². The lowest BCUT2D eigenvalue weighted by atomic mass is 10.1. The molecule has 1 amide bonds. The number of nitrogens with one attached hydrogen (secondary N) is 3. The molecular formula is C19H34ClN5O3. The first-order chi connectivity index (χ1) is 12.8. The summed E-state index contributed by atoms with van der Waals surface area (Å²) in [4.78, 5) is 39.9. The highest BCUT2D eigenvalue weighted by Crippen LogP contribution is 2.26. The second-order valence-corrected chi connectivity index (χ2v) is 7.86. The number of nitrogens with two attached hydrogens (primary N) is 1. The number of amides is 1. The average Bonchev–Trinajstić information content (AvgIpc) is 3.03. The van der Waals surface area contributed by atoms with Crippen molar-refractivity contribution >= 4 is 29.8 Å². The van der Waals surface area contributed by atoms with E-state index in [1.165, 1.54) is 4.57 Å². The molecule has 1 aromatic rings. The number of hydrogen-bond acceptors (Lipinski definition) is 5. The van der Waals surface area contributed by atoms with Crippen LogP contribution in [0.2, 0.25) is 0 Å². The molecule has 0 aliphatic heterocycles. The minimum atomic E-state index is -0.505. The Hall–Kier alpha value is -1.80. The van der Waals surface area contributed by atoms with Crippen LogP contribution in [0.1, 0.15) is 59.3 Å². The van der Waals surface area contributed by atoms with Crippen molar-refractivity contribution in [2.24, 2.45) is 17.6 Å². The summed E-state index contributed by atoms with van der Waals surface area (Å²) in [5.74, 6) is 0.384. The SMILES string of the molecule is CCCCn1c(NC(=O)C2CCC(N)C2)c(NCCC(C)C)c(=O)[nH]c1=O.Cl. The normalized spacial score (nSPS) is 18.8. The van der Waals surface area contributed by atoms with Gasteiger partial charge in [0.15, 0.2) is 0 Å². The predicted octanol–water partition coefficient (Wildman–Crippen LogP) is 2.28. The fourth-order valence-electron chi connectivity index (χ4n) is 3.35. The van der Waals surface area contributed by atoms with Gasteiger partial charge in [0, 0.05) is 25.0 Å². The highest BCUT2D eigenvalue weighted by atomic mass is 35.5. The smallest absolute Gasteiger partial charge is 0.330 e. The van der Waals surface area contributed by atoms with Crippen LogP contribution in [0.5, 0.6) is 0 Å². The predicted molar refractivity (Wildman–Crippen MR) is 115 cm³/mol. The summed E-state index contributed by atoms with van der Waals surface area (Å²) in [7, 11) is 0. The molecule has 1 aliphatic carbocycles. The summed E-state index contributed by atoms with van der Waals surface area (Å²) < 4.78 is 1.45. The third kappa shape index (κ3) is 6.38. The number of aromatic nitrogens is 2. The summed E-state index contributed by atoms with van der Waals surface area (Å²) in [5, 5.41) is 5.98. The molecule has 1 aromatic heterocycles. The zero-order valence-electron chi connectivity index (χ0n) is 17.0. The van der Waals surface area contributed by atoms with Crippen LogP contribution >= 0.6 is 12.4 Å². The Morgan fingerprint density at radius 3 is 2.61 bits per heavy atom. The summed E-state index contributed by atoms with van der Waals surface area (Å²) in [5.41, 5.74) is 5.17. The third-order valence-corrected chi connectivity index (χ3v) is 5.04. The van der Waals surface area contributed by atoms with E-state index in [1.54, 1.807) is 0 Å². The number of anilines is 2. The van der Waals surface area contributed by atoms with Crippen LogP contribution in [0, 0.1) is 11.8 Å². The van der Waals surface area contributed by atoms with Crippen LogP contribution in [0.25, 0.3) is 0 Å². The van der Waals surface area contributed by atoms with E-state index >= 15 is 0 Å². The lowest BCUT2D eigenvalue weighted by Gasteiger charge is -2.19. The third-order valence-electron chi connectivity index (χ3n) is 5.04. The summed E-state index contributed by atoms with van der Waals surface area (Å²) in [6.07, 6.45) is 4.71. The molecule has 2 atom stereocenters. The highest BCUT2D eigenvalue weighted by Gasteiger charge is 2.29. The second kappa shape index (κ2) is 11.3. The van der Waals surface area contributed by atoms with Crippen molar-refractivity contribution in [1.82, 2.24) is 9.55 Å². The lowest BCUT2D eigenvalue weighted by Crippen LogP contribution is -2.36. The van der Waals surface area contributed by atoms with Crippen molar-refractivity contribution in [3.63, 3.8) is 0 Å². The van der Waals surface area contributed by atoms with Crippen LogP contribution in [0.15, 0.2) is 9.59 Å². The Labute approximate surface area is 172 Å².